The molecule has 0 aromatic carbocycles. The van der Waals surface area contributed by atoms with E-state index in [0.717, 1.165) is 37.4 Å². The summed E-state index contributed by atoms with van der Waals surface area (Å²) in [6.07, 6.45) is 8.42. The van der Waals surface area contributed by atoms with E-state index >= 15 is 0 Å². The lowest BCUT2D eigenvalue weighted by Crippen LogP contribution is -2.50. The zero-order valence-electron chi connectivity index (χ0n) is 14.9. The van der Waals surface area contributed by atoms with Crippen molar-refractivity contribution in [3.63, 3.8) is 0 Å². The van der Waals surface area contributed by atoms with Gasteiger partial charge in [-0.2, -0.15) is 0 Å². The molecule has 0 bridgehead atoms. The summed E-state index contributed by atoms with van der Waals surface area (Å²) in [6, 6.07) is 0.150. The Balaban J connectivity index is 1.61. The summed E-state index contributed by atoms with van der Waals surface area (Å²) in [5.41, 5.74) is 3.46. The lowest BCUT2D eigenvalue weighted by molar-refractivity contribution is 0.0580. The van der Waals surface area contributed by atoms with Gasteiger partial charge in [-0.15, -0.1) is 0 Å². The first-order valence-corrected chi connectivity index (χ1v) is 8.93. The summed E-state index contributed by atoms with van der Waals surface area (Å²) in [5.74, 6) is -0.0481. The van der Waals surface area contributed by atoms with Crippen LogP contribution in [0, 0.1) is 6.92 Å². The number of amides is 1. The summed E-state index contributed by atoms with van der Waals surface area (Å²) in [4.78, 5) is 30.5. The minimum atomic E-state index is -0.0481. The van der Waals surface area contributed by atoms with Crippen LogP contribution < -0.4 is 0 Å². The predicted octanol–water partition coefficient (Wildman–Crippen LogP) is 1.18. The Bertz CT molecular complexity index is 762. The fraction of sp³-hybridized carbons (Fsp3) is 0.556. The number of carbonyl (C=O) groups excluding carboxylic acids is 1. The van der Waals surface area contributed by atoms with Crippen molar-refractivity contribution < 1.29 is 4.79 Å². The molecule has 0 aliphatic carbocycles. The Labute approximate surface area is 147 Å². The van der Waals surface area contributed by atoms with Crippen molar-refractivity contribution in [1.29, 1.82) is 0 Å². The maximum atomic E-state index is 13.1. The van der Waals surface area contributed by atoms with Crippen LogP contribution in [0.1, 0.15) is 40.4 Å². The lowest BCUT2D eigenvalue weighted by atomic mass is 10.0. The molecule has 7 nitrogen and oxygen atoms in total. The van der Waals surface area contributed by atoms with Crippen molar-refractivity contribution >= 4 is 5.91 Å². The molecular weight excluding hydrogens is 316 g/mol. The van der Waals surface area contributed by atoms with Crippen LogP contribution in [0.15, 0.2) is 18.7 Å². The molecule has 1 saturated heterocycles. The van der Waals surface area contributed by atoms with Gasteiger partial charge in [0.2, 0.25) is 0 Å². The fourth-order valence-electron chi connectivity index (χ4n) is 3.84. The van der Waals surface area contributed by atoms with E-state index in [9.17, 15) is 4.79 Å². The number of hydrogen-bond acceptors (Lipinski definition) is 5. The van der Waals surface area contributed by atoms with Gasteiger partial charge in [-0.25, -0.2) is 9.97 Å². The van der Waals surface area contributed by atoms with Crippen LogP contribution in [0.5, 0.6) is 0 Å². The van der Waals surface area contributed by atoms with Gasteiger partial charge in [0.25, 0.3) is 5.91 Å². The third-order valence-electron chi connectivity index (χ3n) is 5.26. The molecule has 0 unspecified atom stereocenters. The summed E-state index contributed by atoms with van der Waals surface area (Å²) in [6.45, 7) is 5.58. The summed E-state index contributed by atoms with van der Waals surface area (Å²) in [7, 11) is 2.03. The fourth-order valence-corrected chi connectivity index (χ4v) is 3.84. The standard InChI is InChI=1S/C18H24N6O/c1-13-8-20-15(9-19-13)18(25)24-11-16-17(22(2)12-21-16)7-14(24)10-23-5-3-4-6-23/h8-9,12,14H,3-7,10-11H2,1-2H3/t14-/m1/s1. The van der Waals surface area contributed by atoms with Crippen molar-refractivity contribution in [1.82, 2.24) is 29.3 Å². The first-order chi connectivity index (χ1) is 12.1. The molecule has 0 spiro atoms. The molecule has 2 aliphatic heterocycles. The molecule has 25 heavy (non-hydrogen) atoms. The maximum Gasteiger partial charge on any atom is 0.274 e. The Hall–Kier alpha value is -2.28. The van der Waals surface area contributed by atoms with Gasteiger partial charge in [0.05, 0.1) is 36.5 Å². The van der Waals surface area contributed by atoms with Crippen molar-refractivity contribution in [3.05, 3.63) is 41.5 Å². The Morgan fingerprint density at radius 2 is 2.00 bits per heavy atom. The smallest absolute Gasteiger partial charge is 0.274 e. The number of likely N-dealkylation sites (tertiary alicyclic amines) is 1. The monoisotopic (exact) mass is 340 g/mol. The first kappa shape index (κ1) is 16.2. The second kappa shape index (κ2) is 6.55. The molecule has 1 fully saturated rings. The van der Waals surface area contributed by atoms with Crippen LogP contribution in [-0.2, 0) is 20.0 Å². The highest BCUT2D eigenvalue weighted by Gasteiger charge is 2.34. The number of rotatable bonds is 3. The minimum Gasteiger partial charge on any atom is -0.337 e. The van der Waals surface area contributed by atoms with E-state index in [1.807, 2.05) is 25.2 Å². The van der Waals surface area contributed by atoms with Crippen molar-refractivity contribution in [2.24, 2.45) is 7.05 Å². The molecule has 0 N–H and O–H groups in total. The molecule has 1 amide bonds. The van der Waals surface area contributed by atoms with Crippen LogP contribution in [0.4, 0.5) is 0 Å². The van der Waals surface area contributed by atoms with Gasteiger partial charge in [-0.1, -0.05) is 0 Å². The molecule has 0 saturated carbocycles. The van der Waals surface area contributed by atoms with Gasteiger partial charge < -0.3 is 14.4 Å². The molecule has 132 valence electrons. The van der Waals surface area contributed by atoms with E-state index in [4.69, 9.17) is 0 Å². The van der Waals surface area contributed by atoms with Gasteiger partial charge in [0.1, 0.15) is 5.69 Å². The number of aromatic nitrogens is 4. The zero-order valence-corrected chi connectivity index (χ0v) is 14.9. The third kappa shape index (κ3) is 3.16. The summed E-state index contributed by atoms with van der Waals surface area (Å²) in [5, 5.41) is 0. The zero-order chi connectivity index (χ0) is 17.4. The lowest BCUT2D eigenvalue weighted by Gasteiger charge is -2.37. The van der Waals surface area contributed by atoms with E-state index < -0.39 is 0 Å². The molecule has 2 aromatic heterocycles. The number of aryl methyl sites for hydroxylation is 2. The normalized spacial score (nSPS) is 20.7. The molecule has 2 aromatic rings. The largest absolute Gasteiger partial charge is 0.337 e. The van der Waals surface area contributed by atoms with Crippen LogP contribution in [0.3, 0.4) is 0 Å². The second-order valence-corrected chi connectivity index (χ2v) is 7.09. The predicted molar refractivity (Wildman–Crippen MR) is 93.0 cm³/mol. The molecule has 4 rings (SSSR count). The average Bonchev–Trinajstić information content (AvgIpc) is 3.25. The average molecular weight is 340 g/mol. The highest BCUT2D eigenvalue weighted by molar-refractivity contribution is 5.92. The molecule has 7 heteroatoms. The van der Waals surface area contributed by atoms with Gasteiger partial charge >= 0.3 is 0 Å². The van der Waals surface area contributed by atoms with Crippen molar-refractivity contribution in [2.45, 2.75) is 38.8 Å². The van der Waals surface area contributed by atoms with E-state index in [0.29, 0.717) is 12.2 Å². The number of carbonyl (C=O) groups is 1. The molecular formula is C18H24N6O. The highest BCUT2D eigenvalue weighted by Crippen LogP contribution is 2.25. The van der Waals surface area contributed by atoms with Gasteiger partial charge in [0.15, 0.2) is 0 Å². The Morgan fingerprint density at radius 3 is 2.72 bits per heavy atom. The number of hydrogen-bond donors (Lipinski definition) is 0. The molecule has 1 atom stereocenters. The number of nitrogens with zero attached hydrogens (tertiary/aromatic N) is 6. The second-order valence-electron chi connectivity index (χ2n) is 7.09. The maximum absolute atomic E-state index is 13.1. The Morgan fingerprint density at radius 1 is 1.20 bits per heavy atom. The first-order valence-electron chi connectivity index (χ1n) is 8.93. The van der Waals surface area contributed by atoms with Crippen molar-refractivity contribution in [2.75, 3.05) is 19.6 Å². The van der Waals surface area contributed by atoms with Gasteiger partial charge in [-0.3, -0.25) is 9.78 Å². The Kier molecular flexibility index (Phi) is 4.25. The van der Waals surface area contributed by atoms with Gasteiger partial charge in [-0.05, 0) is 32.9 Å². The van der Waals surface area contributed by atoms with Crippen LogP contribution in [0.2, 0.25) is 0 Å². The minimum absolute atomic E-state index is 0.0481. The van der Waals surface area contributed by atoms with E-state index in [-0.39, 0.29) is 11.9 Å². The molecule has 2 aliphatic rings. The van der Waals surface area contributed by atoms with E-state index in [1.54, 1.807) is 12.4 Å². The number of imidazole rings is 1. The van der Waals surface area contributed by atoms with Crippen LogP contribution in [-0.4, -0.2) is 60.9 Å². The summed E-state index contributed by atoms with van der Waals surface area (Å²) < 4.78 is 2.08. The van der Waals surface area contributed by atoms with E-state index in [2.05, 4.69) is 24.4 Å². The van der Waals surface area contributed by atoms with E-state index in [1.165, 1.54) is 18.5 Å². The van der Waals surface area contributed by atoms with Crippen LogP contribution >= 0.6 is 0 Å². The van der Waals surface area contributed by atoms with Crippen molar-refractivity contribution in [3.8, 4) is 0 Å². The SMILES string of the molecule is Cc1cnc(C(=O)N2Cc3ncn(C)c3C[C@@H]2CN2CCCC2)cn1. The number of fused-ring (bicyclic) bond motifs is 1. The van der Waals surface area contributed by atoms with Crippen LogP contribution in [0.25, 0.3) is 0 Å². The summed E-state index contributed by atoms with van der Waals surface area (Å²) >= 11 is 0. The molecule has 0 radical (unpaired) electrons. The molecule has 4 heterocycles. The van der Waals surface area contributed by atoms with Gasteiger partial charge in [0, 0.05) is 31.9 Å². The quantitative estimate of drug-likeness (QED) is 0.839. The topological polar surface area (TPSA) is 67.2 Å². The highest BCUT2D eigenvalue weighted by atomic mass is 16.2. The third-order valence-corrected chi connectivity index (χ3v) is 5.26.